The molecule has 0 aliphatic carbocycles. The summed E-state index contributed by atoms with van der Waals surface area (Å²) in [5.41, 5.74) is 1.64. The Hall–Kier alpha value is -2.83. The van der Waals surface area contributed by atoms with Crippen molar-refractivity contribution in [3.63, 3.8) is 0 Å². The highest BCUT2D eigenvalue weighted by molar-refractivity contribution is 9.10. The van der Waals surface area contributed by atoms with Crippen molar-refractivity contribution in [1.29, 1.82) is 0 Å². The molecule has 2 fully saturated rings. The van der Waals surface area contributed by atoms with Crippen molar-refractivity contribution in [1.82, 2.24) is 29.4 Å². The molecule has 56 heavy (non-hydrogen) atoms. The summed E-state index contributed by atoms with van der Waals surface area (Å²) in [6.45, 7) is 9.80. The molecule has 2 saturated heterocycles. The van der Waals surface area contributed by atoms with E-state index in [1.807, 2.05) is 60.0 Å². The van der Waals surface area contributed by atoms with E-state index in [4.69, 9.17) is 23.2 Å². The van der Waals surface area contributed by atoms with Crippen LogP contribution < -0.4 is 9.80 Å². The van der Waals surface area contributed by atoms with Crippen molar-refractivity contribution in [2.75, 3.05) is 62.2 Å². The van der Waals surface area contributed by atoms with Crippen LogP contribution in [0.1, 0.15) is 33.9 Å². The Kier molecular flexibility index (Phi) is 12.8. The zero-order valence-corrected chi connectivity index (χ0v) is 35.6. The van der Waals surface area contributed by atoms with Gasteiger partial charge in [-0.05, 0) is 75.2 Å². The SMILES string of the molecule is Cc1cc(N2CCN(C(Cn3nc(C(F)(F)F)c(Cl)c3C)C(=O)C(Cn3nc(C(F)(F)F)c(Cl)c3C)N3CCN(c4ccc(Br)c(C)c4)CC3)CC2)ccc1Br. The van der Waals surface area contributed by atoms with Crippen LogP contribution in [0.4, 0.5) is 37.7 Å². The van der Waals surface area contributed by atoms with Crippen LogP contribution in [0.2, 0.25) is 10.0 Å². The number of halogens is 10. The van der Waals surface area contributed by atoms with Gasteiger partial charge >= 0.3 is 12.4 Å². The lowest BCUT2D eigenvalue weighted by atomic mass is 9.99. The van der Waals surface area contributed by atoms with E-state index >= 15 is 4.79 Å². The number of aryl methyl sites for hydroxylation is 2. The second-order valence-electron chi connectivity index (χ2n) is 14.2. The van der Waals surface area contributed by atoms with E-state index < -0.39 is 45.9 Å². The number of alkyl halides is 6. The fraction of sp³-hybridized carbons (Fsp3) is 0.486. The molecule has 0 amide bonds. The van der Waals surface area contributed by atoms with Crippen LogP contribution in [-0.2, 0) is 30.2 Å². The first-order valence-electron chi connectivity index (χ1n) is 17.9. The van der Waals surface area contributed by atoms with Crippen LogP contribution in [-0.4, -0.2) is 99.6 Å². The number of Topliss-reactive ketones (excluding diaryl/α,β-unsaturated/α-hetero) is 1. The number of carbonyl (C=O) groups excluding carboxylic acids is 1. The zero-order valence-electron chi connectivity index (χ0n) is 31.0. The highest BCUT2D eigenvalue weighted by atomic mass is 79.9. The van der Waals surface area contributed by atoms with E-state index in [1.54, 1.807) is 0 Å². The monoisotopic (exact) mass is 954 g/mol. The van der Waals surface area contributed by atoms with Gasteiger partial charge in [-0.25, -0.2) is 0 Å². The van der Waals surface area contributed by atoms with Gasteiger partial charge in [-0.1, -0.05) is 55.1 Å². The lowest BCUT2D eigenvalue weighted by Gasteiger charge is -2.43. The Morgan fingerprint density at radius 1 is 0.643 bits per heavy atom. The molecule has 2 unspecified atom stereocenters. The number of carbonyl (C=O) groups is 1. The number of piperazine rings is 2. The molecule has 2 aliphatic rings. The van der Waals surface area contributed by atoms with E-state index in [0.717, 1.165) is 40.8 Å². The molecule has 4 aromatic rings. The first kappa shape index (κ1) is 42.8. The predicted molar refractivity (Wildman–Crippen MR) is 212 cm³/mol. The number of hydrogen-bond donors (Lipinski definition) is 0. The lowest BCUT2D eigenvalue weighted by molar-refractivity contribution is -0.142. The van der Waals surface area contributed by atoms with Crippen molar-refractivity contribution < 1.29 is 31.1 Å². The fourth-order valence-corrected chi connectivity index (χ4v) is 8.30. The van der Waals surface area contributed by atoms with Crippen molar-refractivity contribution in [3.05, 3.63) is 89.3 Å². The largest absolute Gasteiger partial charge is 0.436 e. The molecular weight excluding hydrogens is 917 g/mol. The zero-order chi connectivity index (χ0) is 40.9. The number of anilines is 2. The molecular formula is C37H40Br2Cl2F6N8O. The second-order valence-corrected chi connectivity index (χ2v) is 16.7. The predicted octanol–water partition coefficient (Wildman–Crippen LogP) is 8.83. The van der Waals surface area contributed by atoms with Crippen molar-refractivity contribution in [3.8, 4) is 0 Å². The fourth-order valence-electron chi connectivity index (χ4n) is 7.32. The number of aromatic nitrogens is 4. The second kappa shape index (κ2) is 16.8. The molecule has 0 saturated carbocycles. The average Bonchev–Trinajstić information content (AvgIpc) is 3.61. The van der Waals surface area contributed by atoms with Gasteiger partial charge in [-0.15, -0.1) is 0 Å². The highest BCUT2D eigenvalue weighted by Crippen LogP contribution is 2.37. The first-order valence-corrected chi connectivity index (χ1v) is 20.2. The van der Waals surface area contributed by atoms with E-state index in [9.17, 15) is 26.3 Å². The number of benzene rings is 2. The van der Waals surface area contributed by atoms with Gasteiger partial charge in [0.05, 0.1) is 46.6 Å². The van der Waals surface area contributed by atoms with E-state index in [0.29, 0.717) is 52.4 Å². The molecule has 2 aromatic carbocycles. The van der Waals surface area contributed by atoms with Gasteiger partial charge in [-0.3, -0.25) is 24.0 Å². The van der Waals surface area contributed by atoms with Crippen LogP contribution in [0.25, 0.3) is 0 Å². The van der Waals surface area contributed by atoms with Crippen LogP contribution in [0.5, 0.6) is 0 Å². The number of hydrogen-bond acceptors (Lipinski definition) is 7. The third-order valence-corrected chi connectivity index (χ3v) is 13.4. The number of rotatable bonds is 10. The summed E-state index contributed by atoms with van der Waals surface area (Å²) in [4.78, 5) is 23.4. The van der Waals surface area contributed by atoms with Gasteiger partial charge < -0.3 is 9.80 Å². The Bertz CT molecular complexity index is 1930. The summed E-state index contributed by atoms with van der Waals surface area (Å²) in [7, 11) is 0. The van der Waals surface area contributed by atoms with Gasteiger partial charge in [0.25, 0.3) is 0 Å². The third-order valence-electron chi connectivity index (χ3n) is 10.7. The van der Waals surface area contributed by atoms with Crippen molar-refractivity contribution in [2.45, 2.75) is 65.2 Å². The summed E-state index contributed by atoms with van der Waals surface area (Å²) in [6, 6.07) is 9.95. The molecule has 6 rings (SSSR count). The minimum Gasteiger partial charge on any atom is -0.369 e. The van der Waals surface area contributed by atoms with Gasteiger partial charge in [0.15, 0.2) is 17.2 Å². The van der Waals surface area contributed by atoms with Crippen LogP contribution >= 0.6 is 55.1 Å². The minimum atomic E-state index is -4.83. The average molecular weight is 957 g/mol. The van der Waals surface area contributed by atoms with Crippen molar-refractivity contribution in [2.24, 2.45) is 0 Å². The molecule has 0 radical (unpaired) electrons. The Balaban J connectivity index is 1.35. The molecule has 0 N–H and O–H groups in total. The molecule has 4 heterocycles. The molecule has 0 spiro atoms. The van der Waals surface area contributed by atoms with Crippen LogP contribution in [0, 0.1) is 27.7 Å². The standard InChI is InChI=1S/C37H40Br2Cl2F6N8O/c1-21-17-25(5-7-27(21)38)50-9-13-52(14-10-50)29(19-54-23(3)31(40)34(48-54)36(42,43)44)33(56)30(20-55-24(4)32(41)35(49-55)37(45,46)47)53-15-11-51(12-16-53)26-6-8-28(39)22(2)18-26/h5-8,17-18,29-30H,9-16,19-20H2,1-4H3. The van der Waals surface area contributed by atoms with Gasteiger partial charge in [0, 0.05) is 72.7 Å². The molecule has 2 atom stereocenters. The maximum absolute atomic E-state index is 15.2. The highest BCUT2D eigenvalue weighted by Gasteiger charge is 2.43. The smallest absolute Gasteiger partial charge is 0.369 e. The Morgan fingerprint density at radius 2 is 0.982 bits per heavy atom. The number of nitrogens with zero attached hydrogens (tertiary/aromatic N) is 8. The molecule has 2 aliphatic heterocycles. The van der Waals surface area contributed by atoms with Gasteiger partial charge in [-0.2, -0.15) is 36.5 Å². The summed E-state index contributed by atoms with van der Waals surface area (Å²) >= 11 is 19.4. The quantitative estimate of drug-likeness (QED) is 0.147. The maximum atomic E-state index is 15.2. The van der Waals surface area contributed by atoms with E-state index in [2.05, 4.69) is 51.9 Å². The Labute approximate surface area is 347 Å². The van der Waals surface area contributed by atoms with E-state index in [1.165, 1.54) is 13.8 Å². The lowest BCUT2D eigenvalue weighted by Crippen LogP contribution is -2.61. The number of ketones is 1. The van der Waals surface area contributed by atoms with Crippen LogP contribution in [0.3, 0.4) is 0 Å². The molecule has 9 nitrogen and oxygen atoms in total. The molecule has 0 bridgehead atoms. The van der Waals surface area contributed by atoms with Crippen molar-refractivity contribution >= 4 is 72.2 Å². The molecule has 304 valence electrons. The third kappa shape index (κ3) is 9.07. The summed E-state index contributed by atoms with van der Waals surface area (Å²) in [5, 5.41) is 6.54. The summed E-state index contributed by atoms with van der Waals surface area (Å²) in [6.07, 6.45) is -9.66. The maximum Gasteiger partial charge on any atom is 0.436 e. The molecule has 19 heteroatoms. The summed E-state index contributed by atoms with van der Waals surface area (Å²) < 4.78 is 87.9. The summed E-state index contributed by atoms with van der Waals surface area (Å²) in [5.74, 6) is -0.384. The van der Waals surface area contributed by atoms with Crippen LogP contribution in [0.15, 0.2) is 45.3 Å². The topological polar surface area (TPSA) is 65.7 Å². The normalized spacial score (nSPS) is 17.5. The van der Waals surface area contributed by atoms with Gasteiger partial charge in [0.1, 0.15) is 0 Å². The van der Waals surface area contributed by atoms with E-state index in [-0.39, 0.29) is 30.3 Å². The minimum absolute atomic E-state index is 0.0419. The molecule has 2 aromatic heterocycles. The Morgan fingerprint density at radius 3 is 1.27 bits per heavy atom. The first-order chi connectivity index (χ1) is 26.2. The van der Waals surface area contributed by atoms with Gasteiger partial charge in [0.2, 0.25) is 0 Å².